The standard InChI is InChI=1S/C18H29N3O5/c1-12(2)13(3)19-14(22)11-26-15(23)7-10-21-16(24)18(20-17(21)25)8-5-4-6-9-18/h12-13H,4-11H2,1-3H3,(H,19,22)(H,20,25). The molecule has 1 atom stereocenters. The number of hydrogen-bond acceptors (Lipinski definition) is 5. The van der Waals surface area contributed by atoms with Gasteiger partial charge in [0.25, 0.3) is 11.8 Å². The van der Waals surface area contributed by atoms with Crippen LogP contribution >= 0.6 is 0 Å². The molecule has 1 aliphatic heterocycles. The van der Waals surface area contributed by atoms with Gasteiger partial charge in [0.1, 0.15) is 5.54 Å². The average molecular weight is 367 g/mol. The molecule has 0 radical (unpaired) electrons. The van der Waals surface area contributed by atoms with Crippen molar-refractivity contribution in [1.29, 1.82) is 0 Å². The van der Waals surface area contributed by atoms with Gasteiger partial charge in [-0.2, -0.15) is 0 Å². The number of imide groups is 1. The predicted molar refractivity (Wildman–Crippen MR) is 94.1 cm³/mol. The predicted octanol–water partition coefficient (Wildman–Crippen LogP) is 1.34. The third-order valence-corrected chi connectivity index (χ3v) is 5.25. The minimum Gasteiger partial charge on any atom is -0.456 e. The van der Waals surface area contributed by atoms with E-state index in [2.05, 4.69) is 10.6 Å². The molecule has 0 bridgehead atoms. The number of ether oxygens (including phenoxy) is 1. The van der Waals surface area contributed by atoms with Crippen LogP contribution in [0.4, 0.5) is 4.79 Å². The second-order valence-corrected chi connectivity index (χ2v) is 7.54. The van der Waals surface area contributed by atoms with E-state index in [1.54, 1.807) is 0 Å². The van der Waals surface area contributed by atoms with Crippen molar-refractivity contribution in [3.8, 4) is 0 Å². The summed E-state index contributed by atoms with van der Waals surface area (Å²) in [6, 6.07) is -0.466. The summed E-state index contributed by atoms with van der Waals surface area (Å²) >= 11 is 0. The summed E-state index contributed by atoms with van der Waals surface area (Å²) in [4.78, 5) is 49.3. The largest absolute Gasteiger partial charge is 0.456 e. The van der Waals surface area contributed by atoms with E-state index < -0.39 is 17.5 Å². The van der Waals surface area contributed by atoms with Crippen molar-refractivity contribution >= 4 is 23.8 Å². The van der Waals surface area contributed by atoms with E-state index in [4.69, 9.17) is 4.74 Å². The molecule has 1 heterocycles. The Balaban J connectivity index is 1.76. The zero-order valence-corrected chi connectivity index (χ0v) is 15.8. The molecule has 146 valence electrons. The maximum atomic E-state index is 12.6. The number of carbonyl (C=O) groups excluding carboxylic acids is 4. The highest BCUT2D eigenvalue weighted by atomic mass is 16.5. The molecule has 8 heteroatoms. The van der Waals surface area contributed by atoms with Crippen LogP contribution in [0.1, 0.15) is 59.3 Å². The van der Waals surface area contributed by atoms with Gasteiger partial charge in [-0.3, -0.25) is 19.3 Å². The summed E-state index contributed by atoms with van der Waals surface area (Å²) in [5.41, 5.74) is -0.786. The van der Waals surface area contributed by atoms with Crippen molar-refractivity contribution in [2.75, 3.05) is 13.2 Å². The fraction of sp³-hybridized carbons (Fsp3) is 0.778. The van der Waals surface area contributed by atoms with Crippen LogP contribution in [-0.2, 0) is 19.1 Å². The molecule has 0 aromatic rings. The number of esters is 1. The number of amides is 4. The van der Waals surface area contributed by atoms with Gasteiger partial charge in [0.2, 0.25) is 0 Å². The number of rotatable bonds is 7. The molecule has 1 saturated heterocycles. The van der Waals surface area contributed by atoms with Crippen molar-refractivity contribution in [1.82, 2.24) is 15.5 Å². The molecule has 4 amide bonds. The summed E-state index contributed by atoms with van der Waals surface area (Å²) in [5, 5.41) is 5.54. The van der Waals surface area contributed by atoms with Crippen molar-refractivity contribution in [2.45, 2.75) is 70.9 Å². The Morgan fingerprint density at radius 2 is 1.85 bits per heavy atom. The van der Waals surface area contributed by atoms with Crippen LogP contribution in [0.15, 0.2) is 0 Å². The maximum Gasteiger partial charge on any atom is 0.325 e. The van der Waals surface area contributed by atoms with Gasteiger partial charge < -0.3 is 15.4 Å². The minimum absolute atomic E-state index is 0.0150. The lowest BCUT2D eigenvalue weighted by molar-refractivity contribution is -0.149. The molecule has 0 aromatic heterocycles. The summed E-state index contributed by atoms with van der Waals surface area (Å²) in [7, 11) is 0. The zero-order valence-electron chi connectivity index (χ0n) is 15.8. The molecular weight excluding hydrogens is 338 g/mol. The first-order valence-electron chi connectivity index (χ1n) is 9.34. The Hall–Kier alpha value is -2.12. The molecule has 1 aliphatic carbocycles. The molecule has 0 aromatic carbocycles. The van der Waals surface area contributed by atoms with Gasteiger partial charge in [-0.15, -0.1) is 0 Å². The average Bonchev–Trinajstić information content (AvgIpc) is 2.81. The van der Waals surface area contributed by atoms with Crippen LogP contribution in [0.2, 0.25) is 0 Å². The van der Waals surface area contributed by atoms with Crippen molar-refractivity contribution in [2.24, 2.45) is 5.92 Å². The van der Waals surface area contributed by atoms with Gasteiger partial charge >= 0.3 is 12.0 Å². The summed E-state index contributed by atoms with van der Waals surface area (Å²) in [6.45, 7) is 5.45. The molecule has 1 spiro atoms. The second kappa shape index (κ2) is 8.51. The van der Waals surface area contributed by atoms with E-state index in [0.29, 0.717) is 12.8 Å². The third-order valence-electron chi connectivity index (χ3n) is 5.25. The Morgan fingerprint density at radius 3 is 2.46 bits per heavy atom. The lowest BCUT2D eigenvalue weighted by Gasteiger charge is -2.30. The molecule has 1 unspecified atom stereocenters. The maximum absolute atomic E-state index is 12.6. The Bertz CT molecular complexity index is 569. The first-order valence-corrected chi connectivity index (χ1v) is 9.34. The first-order chi connectivity index (χ1) is 12.2. The van der Waals surface area contributed by atoms with Crippen LogP contribution in [0.25, 0.3) is 0 Å². The van der Waals surface area contributed by atoms with E-state index in [1.165, 1.54) is 0 Å². The van der Waals surface area contributed by atoms with Crippen LogP contribution in [0, 0.1) is 5.92 Å². The number of nitrogens with one attached hydrogen (secondary N) is 2. The number of carbonyl (C=O) groups is 4. The van der Waals surface area contributed by atoms with E-state index >= 15 is 0 Å². The van der Waals surface area contributed by atoms with Crippen LogP contribution in [0.5, 0.6) is 0 Å². The highest BCUT2D eigenvalue weighted by Gasteiger charge is 2.51. The molecule has 1 saturated carbocycles. The number of urea groups is 1. The molecule has 26 heavy (non-hydrogen) atoms. The minimum atomic E-state index is -0.786. The summed E-state index contributed by atoms with van der Waals surface area (Å²) < 4.78 is 4.93. The fourth-order valence-corrected chi connectivity index (χ4v) is 3.26. The van der Waals surface area contributed by atoms with E-state index in [0.717, 1.165) is 24.2 Å². The lowest BCUT2D eigenvalue weighted by Crippen LogP contribution is -2.48. The summed E-state index contributed by atoms with van der Waals surface area (Å²) in [5.74, 6) is -0.946. The molecule has 8 nitrogen and oxygen atoms in total. The quantitative estimate of drug-likeness (QED) is 0.522. The molecule has 2 fully saturated rings. The van der Waals surface area contributed by atoms with Crippen molar-refractivity contribution < 1.29 is 23.9 Å². The smallest absolute Gasteiger partial charge is 0.325 e. The molecule has 2 rings (SSSR count). The van der Waals surface area contributed by atoms with Crippen molar-refractivity contribution in [3.63, 3.8) is 0 Å². The Kier molecular flexibility index (Phi) is 6.61. The number of hydrogen-bond donors (Lipinski definition) is 2. The highest BCUT2D eigenvalue weighted by molar-refractivity contribution is 6.07. The van der Waals surface area contributed by atoms with Gasteiger partial charge in [-0.1, -0.05) is 33.1 Å². The van der Waals surface area contributed by atoms with E-state index in [-0.39, 0.29) is 43.3 Å². The van der Waals surface area contributed by atoms with E-state index in [1.807, 2.05) is 20.8 Å². The first kappa shape index (κ1) is 20.2. The van der Waals surface area contributed by atoms with Crippen LogP contribution in [-0.4, -0.2) is 53.4 Å². The van der Waals surface area contributed by atoms with Crippen molar-refractivity contribution in [3.05, 3.63) is 0 Å². The molecular formula is C18H29N3O5. The number of nitrogens with zero attached hydrogens (tertiary/aromatic N) is 1. The Morgan fingerprint density at radius 1 is 1.19 bits per heavy atom. The normalized spacial score (nSPS) is 20.2. The molecule has 2 N–H and O–H groups in total. The van der Waals surface area contributed by atoms with Crippen LogP contribution in [0.3, 0.4) is 0 Å². The highest BCUT2D eigenvalue weighted by Crippen LogP contribution is 2.33. The monoisotopic (exact) mass is 367 g/mol. The van der Waals surface area contributed by atoms with Gasteiger partial charge in [0.05, 0.1) is 6.42 Å². The van der Waals surface area contributed by atoms with Gasteiger partial charge in [-0.05, 0) is 25.7 Å². The third kappa shape index (κ3) is 4.74. The van der Waals surface area contributed by atoms with Gasteiger partial charge in [0.15, 0.2) is 6.61 Å². The Labute approximate surface area is 154 Å². The lowest BCUT2D eigenvalue weighted by atomic mass is 9.82. The van der Waals surface area contributed by atoms with Gasteiger partial charge in [0, 0.05) is 12.6 Å². The summed E-state index contributed by atoms with van der Waals surface area (Å²) in [6.07, 6.45) is 4.05. The zero-order chi connectivity index (χ0) is 19.3. The van der Waals surface area contributed by atoms with Crippen LogP contribution < -0.4 is 10.6 Å². The van der Waals surface area contributed by atoms with E-state index in [9.17, 15) is 19.2 Å². The SMILES string of the molecule is CC(C)C(C)NC(=O)COC(=O)CCN1C(=O)NC2(CCCCC2)C1=O. The topological polar surface area (TPSA) is 105 Å². The fourth-order valence-electron chi connectivity index (χ4n) is 3.26. The second-order valence-electron chi connectivity index (χ2n) is 7.54. The van der Waals surface area contributed by atoms with Gasteiger partial charge in [-0.25, -0.2) is 4.79 Å². The molecule has 2 aliphatic rings.